The van der Waals surface area contributed by atoms with Gasteiger partial charge < -0.3 is 11.1 Å². The lowest BCUT2D eigenvalue weighted by molar-refractivity contribution is 0.102. The van der Waals surface area contributed by atoms with E-state index in [1.807, 2.05) is 13.0 Å². The molecule has 0 aliphatic heterocycles. The number of aromatic nitrogens is 2. The fourth-order valence-electron chi connectivity index (χ4n) is 1.42. The number of hydrogen-bond acceptors (Lipinski definition) is 4. The number of nitrogen functional groups attached to an aromatic ring is 1. The zero-order chi connectivity index (χ0) is 12.3. The number of anilines is 2. The van der Waals surface area contributed by atoms with Crippen LogP contribution in [0.15, 0.2) is 36.9 Å². The number of amides is 1. The molecule has 2 heterocycles. The molecule has 0 bridgehead atoms. The lowest BCUT2D eigenvalue weighted by atomic mass is 10.2. The van der Waals surface area contributed by atoms with Crippen LogP contribution in [0.5, 0.6) is 0 Å². The van der Waals surface area contributed by atoms with Crippen molar-refractivity contribution in [3.8, 4) is 0 Å². The lowest BCUT2D eigenvalue weighted by Gasteiger charge is -2.06. The Labute approximate surface area is 98.7 Å². The minimum Gasteiger partial charge on any atom is -0.398 e. The van der Waals surface area contributed by atoms with Crippen LogP contribution in [-0.4, -0.2) is 15.9 Å². The first-order valence-electron chi connectivity index (χ1n) is 5.09. The largest absolute Gasteiger partial charge is 0.398 e. The van der Waals surface area contributed by atoms with Crippen molar-refractivity contribution in [2.75, 3.05) is 11.1 Å². The van der Waals surface area contributed by atoms with Gasteiger partial charge in [-0.3, -0.25) is 14.8 Å². The van der Waals surface area contributed by atoms with Crippen molar-refractivity contribution < 1.29 is 4.79 Å². The van der Waals surface area contributed by atoms with Gasteiger partial charge in [0.2, 0.25) is 0 Å². The summed E-state index contributed by atoms with van der Waals surface area (Å²) in [5.41, 5.74) is 8.06. The third kappa shape index (κ3) is 2.57. The average Bonchev–Trinajstić information content (AvgIpc) is 2.29. The van der Waals surface area contributed by atoms with E-state index >= 15 is 0 Å². The average molecular weight is 228 g/mol. The first-order chi connectivity index (χ1) is 8.16. The van der Waals surface area contributed by atoms with Gasteiger partial charge in [-0.25, -0.2) is 0 Å². The minimum atomic E-state index is -0.289. The molecule has 0 radical (unpaired) electrons. The molecule has 17 heavy (non-hydrogen) atoms. The van der Waals surface area contributed by atoms with E-state index in [2.05, 4.69) is 15.3 Å². The molecule has 0 unspecified atom stereocenters. The first kappa shape index (κ1) is 11.1. The highest BCUT2D eigenvalue weighted by Gasteiger charge is 2.09. The van der Waals surface area contributed by atoms with Gasteiger partial charge in [0.25, 0.3) is 5.91 Å². The molecule has 0 aliphatic carbocycles. The molecule has 2 rings (SSSR count). The van der Waals surface area contributed by atoms with Gasteiger partial charge in [0, 0.05) is 24.3 Å². The number of rotatable bonds is 2. The smallest absolute Gasteiger partial charge is 0.259 e. The minimum absolute atomic E-state index is 0.289. The number of aryl methyl sites for hydroxylation is 1. The Morgan fingerprint density at radius 1 is 1.29 bits per heavy atom. The summed E-state index contributed by atoms with van der Waals surface area (Å²) in [4.78, 5) is 19.7. The summed E-state index contributed by atoms with van der Waals surface area (Å²) in [7, 11) is 0. The van der Waals surface area contributed by atoms with Gasteiger partial charge in [-0.15, -0.1) is 0 Å². The van der Waals surface area contributed by atoms with E-state index in [-0.39, 0.29) is 5.91 Å². The molecule has 0 atom stereocenters. The topological polar surface area (TPSA) is 80.9 Å². The van der Waals surface area contributed by atoms with Gasteiger partial charge in [-0.1, -0.05) is 0 Å². The summed E-state index contributed by atoms with van der Waals surface area (Å²) in [6.45, 7) is 1.90. The summed E-state index contributed by atoms with van der Waals surface area (Å²) in [6.07, 6.45) is 6.28. The van der Waals surface area contributed by atoms with Gasteiger partial charge in [0.1, 0.15) is 0 Å². The summed E-state index contributed by atoms with van der Waals surface area (Å²) >= 11 is 0. The summed E-state index contributed by atoms with van der Waals surface area (Å²) in [5.74, 6) is -0.289. The van der Waals surface area contributed by atoms with Gasteiger partial charge in [0.15, 0.2) is 0 Å². The fourth-order valence-corrected chi connectivity index (χ4v) is 1.42. The predicted octanol–water partition coefficient (Wildman–Crippen LogP) is 1.62. The fraction of sp³-hybridized carbons (Fsp3) is 0.0833. The van der Waals surface area contributed by atoms with Crippen molar-refractivity contribution in [1.29, 1.82) is 0 Å². The Balaban J connectivity index is 2.20. The third-order valence-corrected chi connectivity index (χ3v) is 2.23. The maximum Gasteiger partial charge on any atom is 0.259 e. The standard InChI is InChI=1S/C12H12N4O/c1-8-4-9(6-15-5-8)16-12(17)10-7-14-3-2-11(10)13/h2-7H,1H3,(H2,13,14)(H,16,17). The van der Waals surface area contributed by atoms with Crippen molar-refractivity contribution in [2.24, 2.45) is 0 Å². The van der Waals surface area contributed by atoms with E-state index in [1.54, 1.807) is 24.7 Å². The maximum absolute atomic E-state index is 11.9. The van der Waals surface area contributed by atoms with Crippen molar-refractivity contribution in [2.45, 2.75) is 6.92 Å². The van der Waals surface area contributed by atoms with Gasteiger partial charge in [-0.05, 0) is 24.6 Å². The Bertz CT molecular complexity index is 554. The molecule has 0 spiro atoms. The number of hydrogen-bond donors (Lipinski definition) is 2. The number of nitrogens with two attached hydrogens (primary N) is 1. The Kier molecular flexibility index (Phi) is 3.00. The SMILES string of the molecule is Cc1cncc(NC(=O)c2cnccc2N)c1. The van der Waals surface area contributed by atoms with Crippen LogP contribution in [-0.2, 0) is 0 Å². The maximum atomic E-state index is 11.9. The zero-order valence-corrected chi connectivity index (χ0v) is 9.34. The normalized spacial score (nSPS) is 9.94. The second-order valence-electron chi connectivity index (χ2n) is 3.67. The molecule has 0 saturated heterocycles. The molecule has 1 amide bonds. The molecule has 0 aliphatic rings. The molecular formula is C12H12N4O. The van der Waals surface area contributed by atoms with Crippen LogP contribution in [0.2, 0.25) is 0 Å². The van der Waals surface area contributed by atoms with Crippen molar-refractivity contribution in [3.05, 3.63) is 48.0 Å². The molecule has 3 N–H and O–H groups in total. The molecule has 5 heteroatoms. The zero-order valence-electron chi connectivity index (χ0n) is 9.34. The summed E-state index contributed by atoms with van der Waals surface area (Å²) in [6, 6.07) is 3.42. The molecule has 2 aromatic rings. The van der Waals surface area contributed by atoms with Crippen molar-refractivity contribution in [1.82, 2.24) is 9.97 Å². The van der Waals surface area contributed by atoms with Gasteiger partial charge >= 0.3 is 0 Å². The molecule has 0 fully saturated rings. The number of carbonyl (C=O) groups excluding carboxylic acids is 1. The van der Waals surface area contributed by atoms with Crippen LogP contribution in [0.3, 0.4) is 0 Å². The Hall–Kier alpha value is -2.43. The van der Waals surface area contributed by atoms with Crippen LogP contribution in [0.1, 0.15) is 15.9 Å². The predicted molar refractivity (Wildman–Crippen MR) is 65.6 cm³/mol. The number of carbonyl (C=O) groups is 1. The Morgan fingerprint density at radius 2 is 2.12 bits per heavy atom. The number of pyridine rings is 2. The van der Waals surface area contributed by atoms with Gasteiger partial charge in [-0.2, -0.15) is 0 Å². The highest BCUT2D eigenvalue weighted by Crippen LogP contribution is 2.13. The molecule has 86 valence electrons. The first-order valence-corrected chi connectivity index (χ1v) is 5.09. The molecule has 2 aromatic heterocycles. The van der Waals surface area contributed by atoms with E-state index in [9.17, 15) is 4.79 Å². The Morgan fingerprint density at radius 3 is 2.82 bits per heavy atom. The number of nitrogens with one attached hydrogen (secondary N) is 1. The van der Waals surface area contributed by atoms with Gasteiger partial charge in [0.05, 0.1) is 17.4 Å². The van der Waals surface area contributed by atoms with E-state index in [4.69, 9.17) is 5.73 Å². The van der Waals surface area contributed by atoms with Crippen LogP contribution in [0, 0.1) is 6.92 Å². The van der Waals surface area contributed by atoms with Crippen molar-refractivity contribution in [3.63, 3.8) is 0 Å². The second-order valence-corrected chi connectivity index (χ2v) is 3.67. The number of nitrogens with zero attached hydrogens (tertiary/aromatic N) is 2. The molecule has 0 aromatic carbocycles. The monoisotopic (exact) mass is 228 g/mol. The third-order valence-electron chi connectivity index (χ3n) is 2.23. The molecule has 5 nitrogen and oxygen atoms in total. The van der Waals surface area contributed by atoms with Crippen LogP contribution in [0.25, 0.3) is 0 Å². The van der Waals surface area contributed by atoms with Crippen LogP contribution >= 0.6 is 0 Å². The highest BCUT2D eigenvalue weighted by molar-refractivity contribution is 6.07. The summed E-state index contributed by atoms with van der Waals surface area (Å²) < 4.78 is 0. The van der Waals surface area contributed by atoms with Crippen LogP contribution in [0.4, 0.5) is 11.4 Å². The van der Waals surface area contributed by atoms with E-state index in [1.165, 1.54) is 6.20 Å². The van der Waals surface area contributed by atoms with Crippen LogP contribution < -0.4 is 11.1 Å². The highest BCUT2D eigenvalue weighted by atomic mass is 16.1. The molecular weight excluding hydrogens is 216 g/mol. The van der Waals surface area contributed by atoms with E-state index < -0.39 is 0 Å². The summed E-state index contributed by atoms with van der Waals surface area (Å²) in [5, 5.41) is 2.72. The quantitative estimate of drug-likeness (QED) is 0.818. The van der Waals surface area contributed by atoms with E-state index in [0.29, 0.717) is 16.9 Å². The second kappa shape index (κ2) is 4.61. The molecule has 0 saturated carbocycles. The lowest BCUT2D eigenvalue weighted by Crippen LogP contribution is -2.14. The van der Waals surface area contributed by atoms with E-state index in [0.717, 1.165) is 5.56 Å². The van der Waals surface area contributed by atoms with Crippen molar-refractivity contribution >= 4 is 17.3 Å².